The highest BCUT2D eigenvalue weighted by atomic mass is 16.5. The Labute approximate surface area is 114 Å². The second-order valence-electron chi connectivity index (χ2n) is 5.16. The van der Waals surface area contributed by atoms with E-state index in [-0.39, 0.29) is 0 Å². The molecule has 0 aliphatic rings. The predicted molar refractivity (Wildman–Crippen MR) is 80.2 cm³/mol. The van der Waals surface area contributed by atoms with Crippen LogP contribution in [0.25, 0.3) is 0 Å². The minimum absolute atomic E-state index is 0.619. The SMILES string of the molecule is CCN(CC)CCOCCCCCCNC(C)C. The van der Waals surface area contributed by atoms with Crippen LogP contribution in [0.15, 0.2) is 0 Å². The molecule has 0 saturated heterocycles. The molecule has 0 rings (SSSR count). The van der Waals surface area contributed by atoms with Crippen LogP contribution in [0.5, 0.6) is 0 Å². The van der Waals surface area contributed by atoms with Gasteiger partial charge in [-0.2, -0.15) is 0 Å². The van der Waals surface area contributed by atoms with Crippen LogP contribution in [0, 0.1) is 0 Å². The molecule has 0 spiro atoms. The van der Waals surface area contributed by atoms with E-state index >= 15 is 0 Å². The summed E-state index contributed by atoms with van der Waals surface area (Å²) in [5, 5.41) is 3.45. The zero-order chi connectivity index (χ0) is 13.6. The first-order chi connectivity index (χ1) is 8.70. The Bertz CT molecular complexity index is 159. The third-order valence-corrected chi connectivity index (χ3v) is 3.21. The molecular formula is C15H34N2O. The van der Waals surface area contributed by atoms with Crippen LogP contribution in [0.1, 0.15) is 53.4 Å². The molecule has 0 fully saturated rings. The predicted octanol–water partition coefficient (Wildman–Crippen LogP) is 2.90. The Morgan fingerprint density at radius 1 is 0.944 bits per heavy atom. The molecule has 0 saturated carbocycles. The fraction of sp³-hybridized carbons (Fsp3) is 1.00. The van der Waals surface area contributed by atoms with Gasteiger partial charge in [0.05, 0.1) is 6.61 Å². The molecule has 0 aromatic carbocycles. The van der Waals surface area contributed by atoms with E-state index in [1.807, 2.05) is 0 Å². The van der Waals surface area contributed by atoms with Gasteiger partial charge in [-0.05, 0) is 32.5 Å². The number of hydrogen-bond acceptors (Lipinski definition) is 3. The van der Waals surface area contributed by atoms with Crippen LogP contribution in [0.3, 0.4) is 0 Å². The monoisotopic (exact) mass is 258 g/mol. The van der Waals surface area contributed by atoms with Crippen molar-refractivity contribution >= 4 is 0 Å². The van der Waals surface area contributed by atoms with Gasteiger partial charge in [0.25, 0.3) is 0 Å². The second kappa shape index (κ2) is 13.3. The standard InChI is InChI=1S/C15H34N2O/c1-5-17(6-2)12-14-18-13-10-8-7-9-11-16-15(3)4/h15-16H,5-14H2,1-4H3. The second-order valence-corrected chi connectivity index (χ2v) is 5.16. The van der Waals surface area contributed by atoms with Gasteiger partial charge in [0.1, 0.15) is 0 Å². The van der Waals surface area contributed by atoms with Gasteiger partial charge in [-0.15, -0.1) is 0 Å². The molecule has 3 nitrogen and oxygen atoms in total. The van der Waals surface area contributed by atoms with Crippen LogP contribution in [-0.4, -0.2) is 50.3 Å². The number of nitrogens with one attached hydrogen (secondary N) is 1. The Kier molecular flexibility index (Phi) is 13.2. The van der Waals surface area contributed by atoms with Crippen LogP contribution in [0.2, 0.25) is 0 Å². The Hall–Kier alpha value is -0.120. The zero-order valence-electron chi connectivity index (χ0n) is 13.0. The van der Waals surface area contributed by atoms with Crippen molar-refractivity contribution in [3.8, 4) is 0 Å². The van der Waals surface area contributed by atoms with Gasteiger partial charge in [-0.1, -0.05) is 40.5 Å². The summed E-state index contributed by atoms with van der Waals surface area (Å²) in [6.45, 7) is 15.1. The lowest BCUT2D eigenvalue weighted by Gasteiger charge is -2.17. The number of rotatable bonds is 13. The highest BCUT2D eigenvalue weighted by Crippen LogP contribution is 1.99. The largest absolute Gasteiger partial charge is 0.380 e. The normalized spacial score (nSPS) is 11.7. The highest BCUT2D eigenvalue weighted by Gasteiger charge is 1.98. The van der Waals surface area contributed by atoms with Crippen LogP contribution < -0.4 is 5.32 Å². The van der Waals surface area contributed by atoms with Crippen molar-refractivity contribution in [3.63, 3.8) is 0 Å². The minimum Gasteiger partial charge on any atom is -0.380 e. The maximum atomic E-state index is 5.66. The highest BCUT2D eigenvalue weighted by molar-refractivity contribution is 4.53. The summed E-state index contributed by atoms with van der Waals surface area (Å²) < 4.78 is 5.66. The van der Waals surface area contributed by atoms with Gasteiger partial charge in [0.15, 0.2) is 0 Å². The summed E-state index contributed by atoms with van der Waals surface area (Å²) in [5.74, 6) is 0. The van der Waals surface area contributed by atoms with E-state index in [0.717, 1.165) is 39.4 Å². The molecular weight excluding hydrogens is 224 g/mol. The van der Waals surface area contributed by atoms with Crippen molar-refractivity contribution in [2.75, 3.05) is 39.4 Å². The first-order valence-corrected chi connectivity index (χ1v) is 7.74. The Morgan fingerprint density at radius 3 is 2.22 bits per heavy atom. The summed E-state index contributed by atoms with van der Waals surface area (Å²) >= 11 is 0. The summed E-state index contributed by atoms with van der Waals surface area (Å²) in [4.78, 5) is 2.40. The average molecular weight is 258 g/mol. The third kappa shape index (κ3) is 12.3. The molecule has 0 aliphatic heterocycles. The molecule has 0 unspecified atom stereocenters. The Morgan fingerprint density at radius 2 is 1.61 bits per heavy atom. The van der Waals surface area contributed by atoms with Crippen molar-refractivity contribution in [1.29, 1.82) is 0 Å². The zero-order valence-corrected chi connectivity index (χ0v) is 13.0. The summed E-state index contributed by atoms with van der Waals surface area (Å²) in [7, 11) is 0. The third-order valence-electron chi connectivity index (χ3n) is 3.21. The van der Waals surface area contributed by atoms with E-state index in [0.29, 0.717) is 6.04 Å². The molecule has 3 heteroatoms. The van der Waals surface area contributed by atoms with Gasteiger partial charge < -0.3 is 15.0 Å². The molecule has 0 bridgehead atoms. The molecule has 0 amide bonds. The maximum absolute atomic E-state index is 5.66. The van der Waals surface area contributed by atoms with Gasteiger partial charge in [-0.25, -0.2) is 0 Å². The van der Waals surface area contributed by atoms with E-state index in [1.54, 1.807) is 0 Å². The molecule has 18 heavy (non-hydrogen) atoms. The fourth-order valence-electron chi connectivity index (χ4n) is 1.91. The quantitative estimate of drug-likeness (QED) is 0.514. The first-order valence-electron chi connectivity index (χ1n) is 7.74. The molecule has 1 N–H and O–H groups in total. The number of nitrogens with zero attached hydrogens (tertiary/aromatic N) is 1. The van der Waals surface area contributed by atoms with Crippen LogP contribution >= 0.6 is 0 Å². The van der Waals surface area contributed by atoms with E-state index in [2.05, 4.69) is 37.9 Å². The lowest BCUT2D eigenvalue weighted by molar-refractivity contribution is 0.104. The summed E-state index contributed by atoms with van der Waals surface area (Å²) in [5.41, 5.74) is 0. The van der Waals surface area contributed by atoms with E-state index in [1.165, 1.54) is 25.7 Å². The summed E-state index contributed by atoms with van der Waals surface area (Å²) in [6, 6.07) is 0.619. The van der Waals surface area contributed by atoms with Crippen LogP contribution in [0.4, 0.5) is 0 Å². The van der Waals surface area contributed by atoms with E-state index < -0.39 is 0 Å². The minimum atomic E-state index is 0.619. The van der Waals surface area contributed by atoms with Crippen molar-refractivity contribution in [2.24, 2.45) is 0 Å². The molecule has 0 radical (unpaired) electrons. The lowest BCUT2D eigenvalue weighted by Crippen LogP contribution is -2.27. The lowest BCUT2D eigenvalue weighted by atomic mass is 10.2. The number of likely N-dealkylation sites (N-methyl/N-ethyl adjacent to an activating group) is 1. The molecule has 0 heterocycles. The van der Waals surface area contributed by atoms with Gasteiger partial charge in [0.2, 0.25) is 0 Å². The van der Waals surface area contributed by atoms with Gasteiger partial charge in [0, 0.05) is 19.2 Å². The first kappa shape index (κ1) is 17.9. The van der Waals surface area contributed by atoms with Crippen molar-refractivity contribution in [1.82, 2.24) is 10.2 Å². The average Bonchev–Trinajstić information content (AvgIpc) is 2.36. The molecule has 0 aromatic heterocycles. The van der Waals surface area contributed by atoms with Crippen LogP contribution in [-0.2, 0) is 4.74 Å². The smallest absolute Gasteiger partial charge is 0.0593 e. The summed E-state index contributed by atoms with van der Waals surface area (Å²) in [6.07, 6.45) is 5.11. The van der Waals surface area contributed by atoms with E-state index in [9.17, 15) is 0 Å². The fourth-order valence-corrected chi connectivity index (χ4v) is 1.91. The van der Waals surface area contributed by atoms with Crippen molar-refractivity contribution < 1.29 is 4.74 Å². The molecule has 110 valence electrons. The van der Waals surface area contributed by atoms with Gasteiger partial charge in [-0.3, -0.25) is 0 Å². The molecule has 0 aromatic rings. The Balaban J connectivity index is 3.07. The number of ether oxygens (including phenoxy) is 1. The number of hydrogen-bond donors (Lipinski definition) is 1. The van der Waals surface area contributed by atoms with E-state index in [4.69, 9.17) is 4.74 Å². The molecule has 0 aliphatic carbocycles. The van der Waals surface area contributed by atoms with Gasteiger partial charge >= 0.3 is 0 Å². The maximum Gasteiger partial charge on any atom is 0.0593 e. The van der Waals surface area contributed by atoms with Crippen molar-refractivity contribution in [3.05, 3.63) is 0 Å². The topological polar surface area (TPSA) is 24.5 Å². The van der Waals surface area contributed by atoms with Crippen molar-refractivity contribution in [2.45, 2.75) is 59.4 Å². The number of unbranched alkanes of at least 4 members (excludes halogenated alkanes) is 3. The molecule has 0 atom stereocenters.